The minimum absolute atomic E-state index is 0.175. The van der Waals surface area contributed by atoms with Gasteiger partial charge in [-0.25, -0.2) is 0 Å². The Morgan fingerprint density at radius 1 is 1.19 bits per heavy atom. The third kappa shape index (κ3) is 5.53. The zero-order valence-electron chi connectivity index (χ0n) is 13.4. The molecule has 1 aromatic rings. The topological polar surface area (TPSA) is 29.1 Å². The maximum Gasteiger partial charge on any atom is 0.224 e. The quantitative estimate of drug-likeness (QED) is 0.721. The predicted molar refractivity (Wildman–Crippen MR) is 89.5 cm³/mol. The first-order valence-corrected chi connectivity index (χ1v) is 8.67. The molecule has 1 N–H and O–H groups in total. The lowest BCUT2D eigenvalue weighted by atomic mass is 9.86. The van der Waals surface area contributed by atoms with E-state index in [0.29, 0.717) is 6.42 Å². The van der Waals surface area contributed by atoms with Crippen molar-refractivity contribution in [1.82, 2.24) is 0 Å². The van der Waals surface area contributed by atoms with Crippen molar-refractivity contribution >= 4 is 11.6 Å². The van der Waals surface area contributed by atoms with Gasteiger partial charge in [-0.2, -0.15) is 0 Å². The van der Waals surface area contributed by atoms with Crippen molar-refractivity contribution in [1.29, 1.82) is 0 Å². The fourth-order valence-corrected chi connectivity index (χ4v) is 3.37. The monoisotopic (exact) mass is 287 g/mol. The maximum absolute atomic E-state index is 12.1. The van der Waals surface area contributed by atoms with Gasteiger partial charge in [0, 0.05) is 12.1 Å². The van der Waals surface area contributed by atoms with Crippen LogP contribution in [0.15, 0.2) is 24.3 Å². The van der Waals surface area contributed by atoms with E-state index in [4.69, 9.17) is 0 Å². The summed E-state index contributed by atoms with van der Waals surface area (Å²) in [5, 5.41) is 3.09. The summed E-state index contributed by atoms with van der Waals surface area (Å²) in [6, 6.07) is 8.17. The number of nitrogens with one attached hydrogen (secondary N) is 1. The SMILES string of the molecule is CCCc1ccccc1NC(=O)CCCC1CCCCC1. The molecule has 2 rings (SSSR count). The van der Waals surface area contributed by atoms with Gasteiger partial charge in [0.1, 0.15) is 0 Å². The van der Waals surface area contributed by atoms with E-state index >= 15 is 0 Å². The van der Waals surface area contributed by atoms with Crippen LogP contribution in [0.1, 0.15) is 70.3 Å². The van der Waals surface area contributed by atoms with E-state index in [2.05, 4.69) is 18.3 Å². The van der Waals surface area contributed by atoms with E-state index in [1.54, 1.807) is 0 Å². The number of carbonyl (C=O) groups excluding carboxylic acids is 1. The summed E-state index contributed by atoms with van der Waals surface area (Å²) in [7, 11) is 0. The van der Waals surface area contributed by atoms with E-state index < -0.39 is 0 Å². The average Bonchev–Trinajstić information content (AvgIpc) is 2.50. The van der Waals surface area contributed by atoms with Gasteiger partial charge in [0.25, 0.3) is 0 Å². The molecular formula is C19H29NO. The Kier molecular flexibility index (Phi) is 6.78. The summed E-state index contributed by atoms with van der Waals surface area (Å²) in [5.41, 5.74) is 2.25. The molecule has 116 valence electrons. The molecule has 0 unspecified atom stereocenters. The van der Waals surface area contributed by atoms with Crippen molar-refractivity contribution in [3.63, 3.8) is 0 Å². The Morgan fingerprint density at radius 3 is 2.71 bits per heavy atom. The Balaban J connectivity index is 1.73. The molecule has 0 spiro atoms. The van der Waals surface area contributed by atoms with Crippen molar-refractivity contribution in [2.75, 3.05) is 5.32 Å². The number of rotatable bonds is 7. The van der Waals surface area contributed by atoms with Crippen LogP contribution in [0.3, 0.4) is 0 Å². The van der Waals surface area contributed by atoms with Gasteiger partial charge in [0.2, 0.25) is 5.91 Å². The highest BCUT2D eigenvalue weighted by Crippen LogP contribution is 2.27. The van der Waals surface area contributed by atoms with Crippen LogP contribution in [0.2, 0.25) is 0 Å². The summed E-state index contributed by atoms with van der Waals surface area (Å²) in [4.78, 5) is 12.1. The van der Waals surface area contributed by atoms with Crippen LogP contribution in [0.25, 0.3) is 0 Å². The van der Waals surface area contributed by atoms with E-state index in [1.165, 1.54) is 44.1 Å². The fourth-order valence-electron chi connectivity index (χ4n) is 3.37. The van der Waals surface area contributed by atoms with Crippen LogP contribution in [0.4, 0.5) is 5.69 Å². The van der Waals surface area contributed by atoms with Crippen LogP contribution in [-0.4, -0.2) is 5.91 Å². The number of benzene rings is 1. The van der Waals surface area contributed by atoms with Crippen molar-refractivity contribution in [3.8, 4) is 0 Å². The van der Waals surface area contributed by atoms with Crippen molar-refractivity contribution in [3.05, 3.63) is 29.8 Å². The van der Waals surface area contributed by atoms with E-state index in [9.17, 15) is 4.79 Å². The number of aryl methyl sites for hydroxylation is 1. The normalized spacial score (nSPS) is 15.9. The van der Waals surface area contributed by atoms with Gasteiger partial charge in [-0.15, -0.1) is 0 Å². The molecule has 0 aliphatic heterocycles. The molecule has 2 heteroatoms. The fraction of sp³-hybridized carbons (Fsp3) is 0.632. The molecule has 0 radical (unpaired) electrons. The molecule has 1 aromatic carbocycles. The zero-order chi connectivity index (χ0) is 14.9. The summed E-state index contributed by atoms with van der Waals surface area (Å²) >= 11 is 0. The van der Waals surface area contributed by atoms with Gasteiger partial charge < -0.3 is 5.32 Å². The molecule has 0 saturated heterocycles. The number of para-hydroxylation sites is 1. The van der Waals surface area contributed by atoms with Gasteiger partial charge in [0.05, 0.1) is 0 Å². The molecule has 0 aromatic heterocycles. The average molecular weight is 287 g/mol. The van der Waals surface area contributed by atoms with E-state index in [-0.39, 0.29) is 5.91 Å². The Labute approximate surface area is 129 Å². The number of hydrogen-bond acceptors (Lipinski definition) is 1. The molecule has 1 aliphatic carbocycles. The smallest absolute Gasteiger partial charge is 0.224 e. The lowest BCUT2D eigenvalue weighted by Crippen LogP contribution is -2.14. The van der Waals surface area contributed by atoms with E-state index in [1.807, 2.05) is 18.2 Å². The highest BCUT2D eigenvalue weighted by Gasteiger charge is 2.14. The van der Waals surface area contributed by atoms with Gasteiger partial charge in [-0.05, 0) is 36.8 Å². The third-order valence-corrected chi connectivity index (χ3v) is 4.55. The second-order valence-electron chi connectivity index (χ2n) is 6.35. The predicted octanol–water partition coefficient (Wildman–Crippen LogP) is 5.33. The summed E-state index contributed by atoms with van der Waals surface area (Å²) in [5.74, 6) is 1.05. The number of carbonyl (C=O) groups is 1. The van der Waals surface area contributed by atoms with Crippen LogP contribution >= 0.6 is 0 Å². The highest BCUT2D eigenvalue weighted by atomic mass is 16.1. The second kappa shape index (κ2) is 8.86. The molecule has 1 fully saturated rings. The molecule has 0 bridgehead atoms. The van der Waals surface area contributed by atoms with Crippen LogP contribution in [0.5, 0.6) is 0 Å². The Morgan fingerprint density at radius 2 is 1.95 bits per heavy atom. The minimum atomic E-state index is 0.175. The molecule has 0 atom stereocenters. The van der Waals surface area contributed by atoms with Crippen molar-refractivity contribution in [2.24, 2.45) is 5.92 Å². The highest BCUT2D eigenvalue weighted by molar-refractivity contribution is 5.91. The van der Waals surface area contributed by atoms with Gasteiger partial charge in [-0.1, -0.05) is 63.6 Å². The van der Waals surface area contributed by atoms with Crippen molar-refractivity contribution in [2.45, 2.75) is 71.1 Å². The molecule has 0 heterocycles. The molecular weight excluding hydrogens is 258 g/mol. The first-order valence-electron chi connectivity index (χ1n) is 8.67. The zero-order valence-corrected chi connectivity index (χ0v) is 13.4. The first-order chi connectivity index (χ1) is 10.3. The number of amides is 1. The first kappa shape index (κ1) is 16.1. The van der Waals surface area contributed by atoms with Crippen LogP contribution < -0.4 is 5.32 Å². The summed E-state index contributed by atoms with van der Waals surface area (Å²) in [6.07, 6.45) is 12.0. The Hall–Kier alpha value is -1.31. The van der Waals surface area contributed by atoms with Crippen LogP contribution in [0, 0.1) is 5.92 Å². The molecule has 1 saturated carbocycles. The van der Waals surface area contributed by atoms with E-state index in [0.717, 1.165) is 30.9 Å². The number of hydrogen-bond donors (Lipinski definition) is 1. The van der Waals surface area contributed by atoms with Gasteiger partial charge in [0.15, 0.2) is 0 Å². The number of anilines is 1. The van der Waals surface area contributed by atoms with Gasteiger partial charge >= 0.3 is 0 Å². The lowest BCUT2D eigenvalue weighted by Gasteiger charge is -2.21. The summed E-state index contributed by atoms with van der Waals surface area (Å²) in [6.45, 7) is 2.17. The third-order valence-electron chi connectivity index (χ3n) is 4.55. The second-order valence-corrected chi connectivity index (χ2v) is 6.35. The van der Waals surface area contributed by atoms with Gasteiger partial charge in [-0.3, -0.25) is 4.79 Å². The van der Waals surface area contributed by atoms with Crippen molar-refractivity contribution < 1.29 is 4.79 Å². The summed E-state index contributed by atoms with van der Waals surface area (Å²) < 4.78 is 0. The minimum Gasteiger partial charge on any atom is -0.326 e. The maximum atomic E-state index is 12.1. The Bertz CT molecular complexity index is 435. The lowest BCUT2D eigenvalue weighted by molar-refractivity contribution is -0.116. The molecule has 21 heavy (non-hydrogen) atoms. The van der Waals surface area contributed by atoms with Crippen LogP contribution in [-0.2, 0) is 11.2 Å². The molecule has 2 nitrogen and oxygen atoms in total. The molecule has 1 aliphatic rings. The molecule has 1 amide bonds. The standard InChI is InChI=1S/C19H29NO/c1-2-9-17-13-6-7-14-18(17)20-19(21)15-8-12-16-10-4-3-5-11-16/h6-7,13-14,16H,2-5,8-12,15H2,1H3,(H,20,21). The largest absolute Gasteiger partial charge is 0.326 e.